The lowest BCUT2D eigenvalue weighted by molar-refractivity contribution is 0.571. The van der Waals surface area contributed by atoms with Crippen LogP contribution in [-0.4, -0.2) is 6.04 Å². The number of halogens is 2. The van der Waals surface area contributed by atoms with E-state index in [0.29, 0.717) is 17.1 Å². The van der Waals surface area contributed by atoms with Crippen LogP contribution in [0.2, 0.25) is 10.0 Å². The van der Waals surface area contributed by atoms with Crippen molar-refractivity contribution in [2.45, 2.75) is 31.8 Å². The van der Waals surface area contributed by atoms with E-state index >= 15 is 0 Å². The van der Waals surface area contributed by atoms with Crippen LogP contribution in [0.3, 0.4) is 0 Å². The van der Waals surface area contributed by atoms with Crippen LogP contribution in [0.4, 0.5) is 0 Å². The van der Waals surface area contributed by atoms with Crippen LogP contribution in [0.1, 0.15) is 31.4 Å². The van der Waals surface area contributed by atoms with Crippen LogP contribution < -0.4 is 5.32 Å². The van der Waals surface area contributed by atoms with Crippen LogP contribution in [0.15, 0.2) is 18.2 Å². The summed E-state index contributed by atoms with van der Waals surface area (Å²) >= 11 is 11.9. The molecule has 0 saturated heterocycles. The third-order valence-electron chi connectivity index (χ3n) is 2.49. The predicted molar refractivity (Wildman–Crippen MR) is 61.0 cm³/mol. The van der Waals surface area contributed by atoms with E-state index in [1.807, 2.05) is 12.1 Å². The summed E-state index contributed by atoms with van der Waals surface area (Å²) in [6.45, 7) is 2.13. The van der Waals surface area contributed by atoms with E-state index in [1.165, 1.54) is 12.8 Å². The van der Waals surface area contributed by atoms with Crippen molar-refractivity contribution in [1.29, 1.82) is 0 Å². The topological polar surface area (TPSA) is 12.0 Å². The first kappa shape index (κ1) is 10.3. The van der Waals surface area contributed by atoms with E-state index in [-0.39, 0.29) is 0 Å². The second kappa shape index (κ2) is 4.09. The van der Waals surface area contributed by atoms with Gasteiger partial charge in [0, 0.05) is 22.1 Å². The van der Waals surface area contributed by atoms with Crippen molar-refractivity contribution in [3.05, 3.63) is 33.8 Å². The summed E-state index contributed by atoms with van der Waals surface area (Å²) in [7, 11) is 0. The van der Waals surface area contributed by atoms with Gasteiger partial charge in [-0.15, -0.1) is 0 Å². The Morgan fingerprint density at radius 2 is 2.07 bits per heavy atom. The minimum Gasteiger partial charge on any atom is -0.307 e. The molecule has 1 nitrogen and oxygen atoms in total. The number of benzene rings is 1. The first-order chi connectivity index (χ1) is 6.66. The Morgan fingerprint density at radius 3 is 2.64 bits per heavy atom. The first-order valence-corrected chi connectivity index (χ1v) is 5.63. The summed E-state index contributed by atoms with van der Waals surface area (Å²) in [4.78, 5) is 0. The summed E-state index contributed by atoms with van der Waals surface area (Å²) in [5.74, 6) is 0. The van der Waals surface area contributed by atoms with Crippen molar-refractivity contribution >= 4 is 23.2 Å². The van der Waals surface area contributed by atoms with E-state index < -0.39 is 0 Å². The second-order valence-corrected chi connectivity index (χ2v) is 4.67. The van der Waals surface area contributed by atoms with Gasteiger partial charge in [0.15, 0.2) is 0 Å². The molecule has 1 aliphatic carbocycles. The maximum atomic E-state index is 6.10. The molecule has 3 heteroatoms. The van der Waals surface area contributed by atoms with Gasteiger partial charge >= 0.3 is 0 Å². The van der Waals surface area contributed by atoms with E-state index in [2.05, 4.69) is 12.2 Å². The average molecular weight is 230 g/mol. The lowest BCUT2D eigenvalue weighted by atomic mass is 10.1. The molecule has 1 saturated carbocycles. The van der Waals surface area contributed by atoms with Gasteiger partial charge in [-0.25, -0.2) is 0 Å². The number of hydrogen-bond acceptors (Lipinski definition) is 1. The minimum absolute atomic E-state index is 0.312. The van der Waals surface area contributed by atoms with E-state index in [4.69, 9.17) is 23.2 Å². The highest BCUT2D eigenvalue weighted by Gasteiger charge is 2.23. The van der Waals surface area contributed by atoms with Crippen molar-refractivity contribution in [1.82, 2.24) is 5.32 Å². The number of hydrogen-bond donors (Lipinski definition) is 1. The molecular formula is C11H13Cl2N. The van der Waals surface area contributed by atoms with Gasteiger partial charge in [0.05, 0.1) is 0 Å². The molecule has 14 heavy (non-hydrogen) atoms. The zero-order valence-corrected chi connectivity index (χ0v) is 9.57. The Balaban J connectivity index is 2.13. The molecule has 2 rings (SSSR count). The standard InChI is InChI=1S/C11H13Cl2N/c1-7(14-9-3-4-9)10-5-2-8(12)6-11(10)13/h2,5-7,9,14H,3-4H2,1H3/t7-/m1/s1. The fourth-order valence-electron chi connectivity index (χ4n) is 1.55. The fourth-order valence-corrected chi connectivity index (χ4v) is 2.12. The Morgan fingerprint density at radius 1 is 1.36 bits per heavy atom. The average Bonchev–Trinajstić information content (AvgIpc) is 2.87. The molecular weight excluding hydrogens is 217 g/mol. The Bertz CT molecular complexity index is 334. The third kappa shape index (κ3) is 2.41. The van der Waals surface area contributed by atoms with Gasteiger partial charge in [0.25, 0.3) is 0 Å². The molecule has 0 heterocycles. The summed E-state index contributed by atoms with van der Waals surface area (Å²) in [5, 5.41) is 4.94. The second-order valence-electron chi connectivity index (χ2n) is 3.83. The monoisotopic (exact) mass is 229 g/mol. The number of nitrogens with one attached hydrogen (secondary N) is 1. The van der Waals surface area contributed by atoms with E-state index in [1.54, 1.807) is 6.07 Å². The first-order valence-electron chi connectivity index (χ1n) is 4.88. The van der Waals surface area contributed by atoms with Crippen molar-refractivity contribution in [3.8, 4) is 0 Å². The molecule has 0 aromatic heterocycles. The van der Waals surface area contributed by atoms with Gasteiger partial charge in [-0.1, -0.05) is 29.3 Å². The van der Waals surface area contributed by atoms with Gasteiger partial charge in [-0.2, -0.15) is 0 Å². The van der Waals surface area contributed by atoms with Gasteiger partial charge < -0.3 is 5.32 Å². The maximum absolute atomic E-state index is 6.10. The summed E-state index contributed by atoms with van der Waals surface area (Å²) in [6.07, 6.45) is 2.57. The molecule has 1 aromatic rings. The van der Waals surface area contributed by atoms with E-state index in [0.717, 1.165) is 10.6 Å². The smallest absolute Gasteiger partial charge is 0.0468 e. The SMILES string of the molecule is C[C@@H](NC1CC1)c1ccc(Cl)cc1Cl. The van der Waals surface area contributed by atoms with Crippen molar-refractivity contribution in [2.24, 2.45) is 0 Å². The van der Waals surface area contributed by atoms with Gasteiger partial charge in [0.2, 0.25) is 0 Å². The molecule has 0 unspecified atom stereocenters. The van der Waals surface area contributed by atoms with Crippen LogP contribution in [0.25, 0.3) is 0 Å². The maximum Gasteiger partial charge on any atom is 0.0468 e. The van der Waals surface area contributed by atoms with Gasteiger partial charge in [0.1, 0.15) is 0 Å². The molecule has 0 amide bonds. The largest absolute Gasteiger partial charge is 0.307 e. The summed E-state index contributed by atoms with van der Waals surface area (Å²) in [5.41, 5.74) is 1.13. The quantitative estimate of drug-likeness (QED) is 0.832. The third-order valence-corrected chi connectivity index (χ3v) is 3.05. The molecule has 1 aromatic carbocycles. The predicted octanol–water partition coefficient (Wildman–Crippen LogP) is 3.81. The summed E-state index contributed by atoms with van der Waals surface area (Å²) < 4.78 is 0. The fraction of sp³-hybridized carbons (Fsp3) is 0.455. The van der Waals surface area contributed by atoms with Crippen LogP contribution in [0.5, 0.6) is 0 Å². The van der Waals surface area contributed by atoms with Gasteiger partial charge in [-0.05, 0) is 37.5 Å². The molecule has 0 radical (unpaired) electrons. The molecule has 0 bridgehead atoms. The van der Waals surface area contributed by atoms with Crippen molar-refractivity contribution in [3.63, 3.8) is 0 Å². The normalized spacial score (nSPS) is 18.2. The highest BCUT2D eigenvalue weighted by Crippen LogP contribution is 2.29. The zero-order valence-electron chi connectivity index (χ0n) is 8.06. The molecule has 0 aliphatic heterocycles. The molecule has 1 fully saturated rings. The van der Waals surface area contributed by atoms with Crippen LogP contribution in [-0.2, 0) is 0 Å². The lowest BCUT2D eigenvalue weighted by Crippen LogP contribution is -2.20. The minimum atomic E-state index is 0.312. The molecule has 1 atom stereocenters. The Hall–Kier alpha value is -0.240. The lowest BCUT2D eigenvalue weighted by Gasteiger charge is -2.15. The summed E-state index contributed by atoms with van der Waals surface area (Å²) in [6, 6.07) is 6.67. The Kier molecular flexibility index (Phi) is 3.01. The van der Waals surface area contributed by atoms with Crippen LogP contribution >= 0.6 is 23.2 Å². The van der Waals surface area contributed by atoms with Crippen LogP contribution in [0, 0.1) is 0 Å². The van der Waals surface area contributed by atoms with Crippen molar-refractivity contribution in [2.75, 3.05) is 0 Å². The molecule has 76 valence electrons. The molecule has 1 N–H and O–H groups in total. The zero-order chi connectivity index (χ0) is 10.1. The molecule has 0 spiro atoms. The van der Waals surface area contributed by atoms with Gasteiger partial charge in [-0.3, -0.25) is 0 Å². The highest BCUT2D eigenvalue weighted by atomic mass is 35.5. The Labute approximate surface area is 94.4 Å². The number of rotatable bonds is 3. The van der Waals surface area contributed by atoms with Crippen molar-refractivity contribution < 1.29 is 0 Å². The highest BCUT2D eigenvalue weighted by molar-refractivity contribution is 6.35. The van der Waals surface area contributed by atoms with E-state index in [9.17, 15) is 0 Å². The molecule has 1 aliphatic rings.